The first-order chi connectivity index (χ1) is 13.5. The summed E-state index contributed by atoms with van der Waals surface area (Å²) in [5.41, 5.74) is 0.517. The van der Waals surface area contributed by atoms with Gasteiger partial charge in [-0.25, -0.2) is 8.42 Å². The van der Waals surface area contributed by atoms with Crippen LogP contribution in [-0.4, -0.2) is 33.4 Å². The number of nitrogens with one attached hydrogen (secondary N) is 1. The standard InChI is InChI=1S/C18H17ClF3NO5S/c1-2-27-17(24)16(11-12-5-3-4-6-15(12)19)23-29(25,26)14-9-7-13(8-10-14)28-18(20,21)22/h3-10,16,23H,2,11H2,1H3/t16-/m1/s1. The molecule has 0 amide bonds. The number of halogens is 4. The van der Waals surface area contributed by atoms with Crippen molar-refractivity contribution in [1.82, 2.24) is 4.72 Å². The molecule has 0 aliphatic heterocycles. The molecule has 0 heterocycles. The van der Waals surface area contributed by atoms with Gasteiger partial charge < -0.3 is 9.47 Å². The first kappa shape index (κ1) is 23.0. The maximum atomic E-state index is 12.6. The molecule has 158 valence electrons. The molecule has 0 saturated heterocycles. The monoisotopic (exact) mass is 451 g/mol. The van der Waals surface area contributed by atoms with E-state index in [1.165, 1.54) is 0 Å². The number of alkyl halides is 3. The van der Waals surface area contributed by atoms with Crippen LogP contribution >= 0.6 is 11.6 Å². The number of esters is 1. The lowest BCUT2D eigenvalue weighted by molar-refractivity contribution is -0.274. The van der Waals surface area contributed by atoms with Gasteiger partial charge in [0.15, 0.2) is 0 Å². The van der Waals surface area contributed by atoms with Gasteiger partial charge in [-0.15, -0.1) is 13.2 Å². The van der Waals surface area contributed by atoms with E-state index in [4.69, 9.17) is 16.3 Å². The summed E-state index contributed by atoms with van der Waals surface area (Å²) in [6, 6.07) is 8.87. The molecule has 11 heteroatoms. The molecular formula is C18H17ClF3NO5S. The normalized spacial score (nSPS) is 13.0. The molecule has 29 heavy (non-hydrogen) atoms. The zero-order valence-corrected chi connectivity index (χ0v) is 16.6. The maximum Gasteiger partial charge on any atom is 0.573 e. The predicted molar refractivity (Wildman–Crippen MR) is 99.0 cm³/mol. The summed E-state index contributed by atoms with van der Waals surface area (Å²) < 4.78 is 72.8. The molecule has 0 spiro atoms. The van der Waals surface area contributed by atoms with E-state index in [0.29, 0.717) is 10.6 Å². The summed E-state index contributed by atoms with van der Waals surface area (Å²) in [5, 5.41) is 0.342. The quantitative estimate of drug-likeness (QED) is 0.619. The van der Waals surface area contributed by atoms with Crippen LogP contribution in [0.5, 0.6) is 5.75 Å². The van der Waals surface area contributed by atoms with Crippen molar-refractivity contribution in [2.45, 2.75) is 30.6 Å². The lowest BCUT2D eigenvalue weighted by Crippen LogP contribution is -2.43. The molecule has 6 nitrogen and oxygen atoms in total. The van der Waals surface area contributed by atoms with Crippen molar-refractivity contribution in [3.05, 3.63) is 59.1 Å². The number of benzene rings is 2. The molecule has 0 aromatic heterocycles. The smallest absolute Gasteiger partial charge is 0.465 e. The van der Waals surface area contributed by atoms with Gasteiger partial charge in [0.05, 0.1) is 11.5 Å². The first-order valence-corrected chi connectivity index (χ1v) is 10.2. The molecule has 0 saturated carbocycles. The Labute approximate surface area is 170 Å². The molecule has 2 rings (SSSR count). The van der Waals surface area contributed by atoms with Gasteiger partial charge >= 0.3 is 12.3 Å². The van der Waals surface area contributed by atoms with Crippen LogP contribution in [0.3, 0.4) is 0 Å². The average molecular weight is 452 g/mol. The van der Waals surface area contributed by atoms with Gasteiger partial charge in [-0.05, 0) is 42.8 Å². The highest BCUT2D eigenvalue weighted by Crippen LogP contribution is 2.24. The Morgan fingerprint density at radius 3 is 2.31 bits per heavy atom. The van der Waals surface area contributed by atoms with Crippen molar-refractivity contribution in [2.24, 2.45) is 0 Å². The molecule has 1 atom stereocenters. The zero-order valence-electron chi connectivity index (χ0n) is 15.1. The van der Waals surface area contributed by atoms with Crippen LogP contribution < -0.4 is 9.46 Å². The molecule has 0 aliphatic carbocycles. The van der Waals surface area contributed by atoms with Crippen LogP contribution in [0.2, 0.25) is 5.02 Å². The van der Waals surface area contributed by atoms with Crippen molar-refractivity contribution >= 4 is 27.6 Å². The summed E-state index contributed by atoms with van der Waals surface area (Å²) in [6.45, 7) is 1.60. The number of hydrogen-bond acceptors (Lipinski definition) is 5. The second-order valence-electron chi connectivity index (χ2n) is 5.74. The second kappa shape index (κ2) is 9.47. The molecular weight excluding hydrogens is 435 g/mol. The molecule has 1 N–H and O–H groups in total. The highest BCUT2D eigenvalue weighted by Gasteiger charge is 2.32. The fourth-order valence-electron chi connectivity index (χ4n) is 2.38. The van der Waals surface area contributed by atoms with E-state index in [1.54, 1.807) is 31.2 Å². The average Bonchev–Trinajstić information content (AvgIpc) is 2.62. The highest BCUT2D eigenvalue weighted by molar-refractivity contribution is 7.89. The fraction of sp³-hybridized carbons (Fsp3) is 0.278. The third kappa shape index (κ3) is 6.91. The van der Waals surface area contributed by atoms with Crippen molar-refractivity contribution in [3.63, 3.8) is 0 Å². The number of carbonyl (C=O) groups is 1. The predicted octanol–water partition coefficient (Wildman–Crippen LogP) is 3.69. The van der Waals surface area contributed by atoms with Gasteiger partial charge in [-0.1, -0.05) is 29.8 Å². The maximum absolute atomic E-state index is 12.6. The summed E-state index contributed by atoms with van der Waals surface area (Å²) in [4.78, 5) is 11.9. The Balaban J connectivity index is 2.24. The van der Waals surface area contributed by atoms with Crippen molar-refractivity contribution < 1.29 is 35.9 Å². The van der Waals surface area contributed by atoms with Crippen LogP contribution in [0.1, 0.15) is 12.5 Å². The van der Waals surface area contributed by atoms with E-state index in [1.807, 2.05) is 0 Å². The van der Waals surface area contributed by atoms with E-state index in [2.05, 4.69) is 9.46 Å². The first-order valence-electron chi connectivity index (χ1n) is 8.30. The molecule has 2 aromatic rings. The third-order valence-electron chi connectivity index (χ3n) is 3.62. The number of hydrogen-bond donors (Lipinski definition) is 1. The van der Waals surface area contributed by atoms with Crippen LogP contribution in [0.4, 0.5) is 13.2 Å². The van der Waals surface area contributed by atoms with Crippen LogP contribution in [0, 0.1) is 0 Å². The molecule has 0 aliphatic rings. The lowest BCUT2D eigenvalue weighted by Gasteiger charge is -2.18. The SMILES string of the molecule is CCOC(=O)[C@@H](Cc1ccccc1Cl)NS(=O)(=O)c1ccc(OC(F)(F)F)cc1. The second-order valence-corrected chi connectivity index (χ2v) is 7.86. The minimum absolute atomic E-state index is 0.0308. The summed E-state index contributed by atoms with van der Waals surface area (Å²) >= 11 is 6.07. The van der Waals surface area contributed by atoms with E-state index >= 15 is 0 Å². The number of carbonyl (C=O) groups excluding carboxylic acids is 1. The van der Waals surface area contributed by atoms with Crippen LogP contribution in [-0.2, 0) is 26.0 Å². The molecule has 0 radical (unpaired) electrons. The van der Waals surface area contributed by atoms with Crippen molar-refractivity contribution in [3.8, 4) is 5.75 Å². The largest absolute Gasteiger partial charge is 0.573 e. The Morgan fingerprint density at radius 1 is 1.14 bits per heavy atom. The summed E-state index contributed by atoms with van der Waals surface area (Å²) in [6.07, 6.45) is -4.98. The van der Waals surface area contributed by atoms with E-state index < -0.39 is 34.1 Å². The van der Waals surface area contributed by atoms with Crippen LogP contribution in [0.25, 0.3) is 0 Å². The van der Waals surface area contributed by atoms with Crippen molar-refractivity contribution in [1.29, 1.82) is 0 Å². The number of ether oxygens (including phenoxy) is 2. The zero-order chi connectivity index (χ0) is 21.7. The topological polar surface area (TPSA) is 81.7 Å². The molecule has 0 unspecified atom stereocenters. The van der Waals surface area contributed by atoms with Crippen molar-refractivity contribution in [2.75, 3.05) is 6.61 Å². The summed E-state index contributed by atoms with van der Waals surface area (Å²) in [5.74, 6) is -1.39. The Hall–Kier alpha value is -2.30. The van der Waals surface area contributed by atoms with E-state index in [9.17, 15) is 26.4 Å². The number of sulfonamides is 1. The van der Waals surface area contributed by atoms with Gasteiger partial charge in [0.1, 0.15) is 11.8 Å². The third-order valence-corrected chi connectivity index (χ3v) is 5.47. The molecule has 0 bridgehead atoms. The van der Waals surface area contributed by atoms with Gasteiger partial charge in [0.2, 0.25) is 10.0 Å². The fourth-order valence-corrected chi connectivity index (χ4v) is 3.77. The lowest BCUT2D eigenvalue weighted by atomic mass is 10.1. The highest BCUT2D eigenvalue weighted by atomic mass is 35.5. The Bertz CT molecular complexity index is 949. The van der Waals surface area contributed by atoms with E-state index in [0.717, 1.165) is 24.3 Å². The van der Waals surface area contributed by atoms with Gasteiger partial charge in [0, 0.05) is 11.4 Å². The Morgan fingerprint density at radius 2 is 1.76 bits per heavy atom. The minimum Gasteiger partial charge on any atom is -0.465 e. The minimum atomic E-state index is -4.90. The van der Waals surface area contributed by atoms with Gasteiger partial charge in [0.25, 0.3) is 0 Å². The number of rotatable bonds is 8. The Kier molecular flexibility index (Phi) is 7.50. The van der Waals surface area contributed by atoms with Gasteiger partial charge in [-0.2, -0.15) is 4.72 Å². The van der Waals surface area contributed by atoms with Crippen LogP contribution in [0.15, 0.2) is 53.4 Å². The summed E-state index contributed by atoms with van der Waals surface area (Å²) in [7, 11) is -4.25. The van der Waals surface area contributed by atoms with E-state index in [-0.39, 0.29) is 17.9 Å². The molecule has 2 aromatic carbocycles. The molecule has 0 fully saturated rings. The van der Waals surface area contributed by atoms with Gasteiger partial charge in [-0.3, -0.25) is 4.79 Å².